The number of carboxylic acid groups (broad SMARTS) is 1. The molecule has 0 aliphatic carbocycles. The number of pyridine rings is 1. The van der Waals surface area contributed by atoms with E-state index in [0.29, 0.717) is 11.4 Å². The fraction of sp³-hybridized carbons (Fsp3) is 0.172. The first-order chi connectivity index (χ1) is 17.8. The highest BCUT2D eigenvalue weighted by atomic mass is 79.9. The zero-order valence-corrected chi connectivity index (χ0v) is 22.3. The number of carbonyl (C=O) groups is 2. The van der Waals surface area contributed by atoms with Gasteiger partial charge in [0.1, 0.15) is 0 Å². The second kappa shape index (κ2) is 10.4. The summed E-state index contributed by atoms with van der Waals surface area (Å²) in [4.78, 5) is 29.2. The largest absolute Gasteiger partial charge is 0.481 e. The number of halogens is 2. The minimum Gasteiger partial charge on any atom is -0.481 e. The van der Waals surface area contributed by atoms with E-state index >= 15 is 0 Å². The van der Waals surface area contributed by atoms with E-state index in [4.69, 9.17) is 26.8 Å². The van der Waals surface area contributed by atoms with Crippen molar-refractivity contribution in [2.75, 3.05) is 0 Å². The Bertz CT molecular complexity index is 1540. The van der Waals surface area contributed by atoms with Crippen LogP contribution in [0.2, 0.25) is 5.02 Å². The van der Waals surface area contributed by atoms with E-state index in [9.17, 15) is 9.59 Å². The van der Waals surface area contributed by atoms with Gasteiger partial charge in [-0.3, -0.25) is 14.6 Å². The molecule has 0 saturated heterocycles. The van der Waals surface area contributed by atoms with E-state index in [1.165, 1.54) is 5.01 Å². The molecule has 6 nitrogen and oxygen atoms in total. The molecule has 0 saturated carbocycles. The lowest BCUT2D eigenvalue weighted by atomic mass is 9.89. The average molecular weight is 577 g/mol. The van der Waals surface area contributed by atoms with Gasteiger partial charge in [-0.15, -0.1) is 0 Å². The smallest absolute Gasteiger partial charge is 0.303 e. The molecule has 5 rings (SSSR count). The molecule has 0 fully saturated rings. The number of benzene rings is 3. The van der Waals surface area contributed by atoms with E-state index < -0.39 is 5.97 Å². The summed E-state index contributed by atoms with van der Waals surface area (Å²) in [6.07, 6.45) is 0.0850. The standard InChI is InChI=1S/C29H23BrClN3O3/c1-17-28(29(19-5-3-2-4-6-19)22-15-21(31)11-12-23(22)32-17)24-16-25(18-7-9-20(30)10-8-18)34(33-24)26(35)13-14-27(36)37/h2-12,15,25H,13-14,16H2,1H3,(H,36,37)/t25-/m1/s1. The van der Waals surface area contributed by atoms with Crippen LogP contribution in [-0.4, -0.2) is 32.7 Å². The van der Waals surface area contributed by atoms with Crippen molar-refractivity contribution in [2.45, 2.75) is 32.2 Å². The molecule has 1 aliphatic rings. The molecule has 0 spiro atoms. The van der Waals surface area contributed by atoms with Gasteiger partial charge < -0.3 is 5.11 Å². The third-order valence-corrected chi connectivity index (χ3v) is 7.22. The number of aromatic nitrogens is 1. The van der Waals surface area contributed by atoms with Crippen molar-refractivity contribution in [2.24, 2.45) is 5.10 Å². The molecule has 8 heteroatoms. The van der Waals surface area contributed by atoms with Gasteiger partial charge in [-0.25, -0.2) is 5.01 Å². The number of carbonyl (C=O) groups excluding carboxylic acids is 1. The van der Waals surface area contributed by atoms with Gasteiger partial charge in [0.25, 0.3) is 0 Å². The highest BCUT2D eigenvalue weighted by Crippen LogP contribution is 2.40. The van der Waals surface area contributed by atoms with E-state index in [0.717, 1.165) is 49.0 Å². The molecule has 1 N–H and O–H groups in total. The lowest BCUT2D eigenvalue weighted by Gasteiger charge is -2.22. The van der Waals surface area contributed by atoms with Crippen LogP contribution in [0.4, 0.5) is 0 Å². The zero-order valence-electron chi connectivity index (χ0n) is 20.0. The quantitative estimate of drug-likeness (QED) is 0.264. The maximum Gasteiger partial charge on any atom is 0.303 e. The minimum absolute atomic E-state index is 0.130. The lowest BCUT2D eigenvalue weighted by Crippen LogP contribution is -2.27. The fourth-order valence-electron chi connectivity index (χ4n) is 4.78. The van der Waals surface area contributed by atoms with Crippen molar-refractivity contribution in [1.29, 1.82) is 0 Å². The van der Waals surface area contributed by atoms with Crippen LogP contribution in [0.15, 0.2) is 82.4 Å². The van der Waals surface area contributed by atoms with Crippen LogP contribution in [0.25, 0.3) is 22.0 Å². The number of aliphatic carboxylic acids is 1. The Hall–Kier alpha value is -3.55. The summed E-state index contributed by atoms with van der Waals surface area (Å²) >= 11 is 9.88. The molecule has 1 aliphatic heterocycles. The summed E-state index contributed by atoms with van der Waals surface area (Å²) in [5, 5.41) is 16.9. The summed E-state index contributed by atoms with van der Waals surface area (Å²) in [6, 6.07) is 23.0. The van der Waals surface area contributed by atoms with Gasteiger partial charge in [-0.2, -0.15) is 5.10 Å². The van der Waals surface area contributed by atoms with Crippen LogP contribution in [0, 0.1) is 6.92 Å². The predicted molar refractivity (Wildman–Crippen MR) is 149 cm³/mol. The Morgan fingerprint density at radius 3 is 2.46 bits per heavy atom. The van der Waals surface area contributed by atoms with Crippen molar-refractivity contribution in [1.82, 2.24) is 9.99 Å². The molecule has 0 radical (unpaired) electrons. The summed E-state index contributed by atoms with van der Waals surface area (Å²) in [5.41, 5.74) is 6.07. The first-order valence-corrected chi connectivity index (χ1v) is 13.0. The fourth-order valence-corrected chi connectivity index (χ4v) is 5.22. The van der Waals surface area contributed by atoms with Crippen LogP contribution < -0.4 is 0 Å². The van der Waals surface area contributed by atoms with Crippen LogP contribution in [0.5, 0.6) is 0 Å². The Labute approximate surface area is 227 Å². The number of fused-ring (bicyclic) bond motifs is 1. The van der Waals surface area contributed by atoms with Gasteiger partial charge in [0.05, 0.1) is 23.7 Å². The van der Waals surface area contributed by atoms with Crippen molar-refractivity contribution in [3.05, 3.63) is 99.1 Å². The highest BCUT2D eigenvalue weighted by Gasteiger charge is 2.35. The second-order valence-corrected chi connectivity index (χ2v) is 10.3. The van der Waals surface area contributed by atoms with E-state index in [1.807, 2.05) is 79.7 Å². The molecule has 37 heavy (non-hydrogen) atoms. The highest BCUT2D eigenvalue weighted by molar-refractivity contribution is 9.10. The van der Waals surface area contributed by atoms with Crippen LogP contribution in [0.3, 0.4) is 0 Å². The summed E-state index contributed by atoms with van der Waals surface area (Å²) in [7, 11) is 0. The minimum atomic E-state index is -1.02. The zero-order chi connectivity index (χ0) is 26.1. The molecular weight excluding hydrogens is 554 g/mol. The summed E-state index contributed by atoms with van der Waals surface area (Å²) in [5.74, 6) is -1.35. The number of hydrogen-bond donors (Lipinski definition) is 1. The molecule has 1 amide bonds. The third kappa shape index (κ3) is 5.15. The number of rotatable bonds is 6. The molecule has 3 aromatic carbocycles. The normalized spacial score (nSPS) is 15.2. The maximum absolute atomic E-state index is 13.2. The molecule has 186 valence electrons. The van der Waals surface area contributed by atoms with Gasteiger partial charge in [-0.05, 0) is 48.4 Å². The van der Waals surface area contributed by atoms with E-state index in [1.54, 1.807) is 0 Å². The summed E-state index contributed by atoms with van der Waals surface area (Å²) in [6.45, 7) is 1.95. The molecule has 4 aromatic rings. The van der Waals surface area contributed by atoms with Crippen LogP contribution in [-0.2, 0) is 9.59 Å². The van der Waals surface area contributed by atoms with Crippen LogP contribution in [0.1, 0.15) is 42.1 Å². The monoisotopic (exact) mass is 575 g/mol. The summed E-state index contributed by atoms with van der Waals surface area (Å²) < 4.78 is 0.928. The Morgan fingerprint density at radius 1 is 1.03 bits per heavy atom. The number of nitrogens with zero attached hydrogens (tertiary/aromatic N) is 3. The van der Waals surface area contributed by atoms with Gasteiger partial charge in [0, 0.05) is 44.5 Å². The van der Waals surface area contributed by atoms with E-state index in [-0.39, 0.29) is 24.8 Å². The first-order valence-electron chi connectivity index (χ1n) is 11.8. The van der Waals surface area contributed by atoms with Crippen LogP contribution >= 0.6 is 27.5 Å². The molecule has 0 unspecified atom stereocenters. The second-order valence-electron chi connectivity index (χ2n) is 8.92. The molecular formula is C29H23BrClN3O3. The molecule has 1 atom stereocenters. The number of hydrazone groups is 1. The van der Waals surface area contributed by atoms with Gasteiger partial charge in [-0.1, -0.05) is 70.0 Å². The Kier molecular flexibility index (Phi) is 7.09. The number of carboxylic acids is 1. The number of aryl methyl sites for hydroxylation is 1. The topological polar surface area (TPSA) is 82.9 Å². The van der Waals surface area contributed by atoms with Crippen molar-refractivity contribution >= 4 is 56.0 Å². The lowest BCUT2D eigenvalue weighted by molar-refractivity contribution is -0.141. The predicted octanol–water partition coefficient (Wildman–Crippen LogP) is 7.17. The maximum atomic E-state index is 13.2. The van der Waals surface area contributed by atoms with Gasteiger partial charge in [0.15, 0.2) is 0 Å². The first kappa shape index (κ1) is 25.1. The Morgan fingerprint density at radius 2 is 1.76 bits per heavy atom. The average Bonchev–Trinajstić information content (AvgIpc) is 3.32. The molecule has 1 aromatic heterocycles. The Balaban J connectivity index is 1.69. The van der Waals surface area contributed by atoms with Crippen molar-refractivity contribution in [3.63, 3.8) is 0 Å². The van der Waals surface area contributed by atoms with Crippen molar-refractivity contribution in [3.8, 4) is 11.1 Å². The van der Waals surface area contributed by atoms with Gasteiger partial charge in [0.2, 0.25) is 5.91 Å². The molecule has 0 bridgehead atoms. The van der Waals surface area contributed by atoms with Gasteiger partial charge >= 0.3 is 5.97 Å². The molecule has 2 heterocycles. The number of hydrogen-bond acceptors (Lipinski definition) is 4. The number of amides is 1. The van der Waals surface area contributed by atoms with Crippen molar-refractivity contribution < 1.29 is 14.7 Å². The third-order valence-electron chi connectivity index (χ3n) is 6.45. The van der Waals surface area contributed by atoms with E-state index in [2.05, 4.69) is 15.9 Å². The SMILES string of the molecule is Cc1nc2ccc(Cl)cc2c(-c2ccccc2)c1C1=NN(C(=O)CCC(=O)O)[C@@H](c2ccc(Br)cc2)C1.